The van der Waals surface area contributed by atoms with Gasteiger partial charge in [0.05, 0.1) is 19.0 Å². The van der Waals surface area contributed by atoms with Crippen LogP contribution in [0.15, 0.2) is 12.7 Å². The summed E-state index contributed by atoms with van der Waals surface area (Å²) in [4.78, 5) is 24.3. The minimum Gasteiger partial charge on any atom is -0.394 e. The molecule has 0 bridgehead atoms. The van der Waals surface area contributed by atoms with E-state index in [9.17, 15) is 25.3 Å². The van der Waals surface area contributed by atoms with E-state index in [4.69, 9.17) is 10.5 Å². The molecular formula is C15H22N6O6. The third kappa shape index (κ3) is 3.26. The van der Waals surface area contributed by atoms with Crippen LogP contribution in [-0.4, -0.2) is 76.9 Å². The molecule has 1 amide bonds. The first-order valence-electron chi connectivity index (χ1n) is 8.36. The first-order chi connectivity index (χ1) is 12.8. The number of anilines is 1. The monoisotopic (exact) mass is 382 g/mol. The molecular weight excluding hydrogens is 360 g/mol. The van der Waals surface area contributed by atoms with E-state index in [-0.39, 0.29) is 22.9 Å². The number of imidazole rings is 1. The second kappa shape index (κ2) is 7.42. The number of amides is 1. The standard InChI is InChI=1S/C15H22N6O6/c1-6(2)8(16)14(25)21(26)13-9-12(17-4-18-13)20(5-19-9)15-11(24)10(23)7(3-22)27-15/h4-8,10-11,15,22-24,26H,3,16H2,1-2H3/t7-,8+,10-,11-,15-/m1/s1. The molecule has 0 radical (unpaired) electrons. The number of ether oxygens (including phenoxy) is 1. The van der Waals surface area contributed by atoms with E-state index in [1.807, 2.05) is 0 Å². The number of aliphatic hydroxyl groups excluding tert-OH is 3. The van der Waals surface area contributed by atoms with Gasteiger partial charge in [-0.15, -0.1) is 0 Å². The number of carbonyl (C=O) groups excluding carboxylic acids is 1. The highest BCUT2D eigenvalue weighted by atomic mass is 16.6. The topological polar surface area (TPSA) is 180 Å². The molecule has 0 spiro atoms. The van der Waals surface area contributed by atoms with Crippen molar-refractivity contribution < 1.29 is 30.1 Å². The van der Waals surface area contributed by atoms with Crippen molar-refractivity contribution in [1.29, 1.82) is 0 Å². The molecule has 148 valence electrons. The van der Waals surface area contributed by atoms with E-state index >= 15 is 0 Å². The zero-order chi connectivity index (χ0) is 19.9. The number of hydroxylamine groups is 1. The number of nitrogens with zero attached hydrogens (tertiary/aromatic N) is 5. The predicted octanol–water partition coefficient (Wildman–Crippen LogP) is -1.86. The van der Waals surface area contributed by atoms with Gasteiger partial charge in [0.25, 0.3) is 5.91 Å². The average molecular weight is 382 g/mol. The lowest BCUT2D eigenvalue weighted by Crippen LogP contribution is -2.45. The number of aliphatic hydroxyl groups is 3. The summed E-state index contributed by atoms with van der Waals surface area (Å²) in [5.41, 5.74) is 6.01. The summed E-state index contributed by atoms with van der Waals surface area (Å²) < 4.78 is 6.78. The lowest BCUT2D eigenvalue weighted by atomic mass is 10.1. The Bertz CT molecular complexity index is 828. The maximum atomic E-state index is 12.3. The summed E-state index contributed by atoms with van der Waals surface area (Å²) in [7, 11) is 0. The highest BCUT2D eigenvalue weighted by Crippen LogP contribution is 2.32. The first kappa shape index (κ1) is 19.5. The molecule has 5 atom stereocenters. The number of rotatable bonds is 5. The van der Waals surface area contributed by atoms with Crippen LogP contribution < -0.4 is 10.8 Å². The van der Waals surface area contributed by atoms with Gasteiger partial charge >= 0.3 is 0 Å². The SMILES string of the molecule is CC(C)[C@H](N)C(=O)N(O)c1ncnc2c1ncn2[C@@H]1O[C@H](CO)[C@@H](O)[C@H]1O. The Morgan fingerprint density at radius 1 is 1.33 bits per heavy atom. The third-order valence-corrected chi connectivity index (χ3v) is 4.54. The minimum atomic E-state index is -1.33. The second-order valence-electron chi connectivity index (χ2n) is 6.67. The fourth-order valence-electron chi connectivity index (χ4n) is 2.82. The van der Waals surface area contributed by atoms with Crippen LogP contribution in [-0.2, 0) is 9.53 Å². The summed E-state index contributed by atoms with van der Waals surface area (Å²) in [5, 5.41) is 39.9. The van der Waals surface area contributed by atoms with Gasteiger partial charge in [-0.05, 0) is 5.92 Å². The maximum Gasteiger partial charge on any atom is 0.269 e. The van der Waals surface area contributed by atoms with Crippen LogP contribution in [0.25, 0.3) is 11.2 Å². The first-order valence-corrected chi connectivity index (χ1v) is 8.36. The molecule has 12 heteroatoms. The summed E-state index contributed by atoms with van der Waals surface area (Å²) in [5.74, 6) is -1.14. The summed E-state index contributed by atoms with van der Waals surface area (Å²) in [6.07, 6.45) is -2.29. The molecule has 0 aromatic carbocycles. The van der Waals surface area contributed by atoms with Crippen LogP contribution in [0.3, 0.4) is 0 Å². The summed E-state index contributed by atoms with van der Waals surface area (Å²) in [6.45, 7) is 3.00. The molecule has 1 aliphatic heterocycles. The number of carbonyl (C=O) groups is 1. The van der Waals surface area contributed by atoms with Gasteiger partial charge in [0, 0.05) is 0 Å². The number of nitrogens with two attached hydrogens (primary N) is 1. The number of aromatic nitrogens is 4. The van der Waals surface area contributed by atoms with Crippen molar-refractivity contribution in [3.8, 4) is 0 Å². The minimum absolute atomic E-state index is 0.0713. The Morgan fingerprint density at radius 2 is 2.04 bits per heavy atom. The van der Waals surface area contributed by atoms with Gasteiger partial charge in [0.1, 0.15) is 24.6 Å². The average Bonchev–Trinajstić information content (AvgIpc) is 3.21. The van der Waals surface area contributed by atoms with E-state index in [2.05, 4.69) is 15.0 Å². The maximum absolute atomic E-state index is 12.3. The molecule has 0 saturated carbocycles. The normalized spacial score (nSPS) is 26.7. The molecule has 2 aromatic heterocycles. The molecule has 3 rings (SSSR count). The van der Waals surface area contributed by atoms with Crippen LogP contribution in [0.1, 0.15) is 20.1 Å². The van der Waals surface area contributed by atoms with Gasteiger partial charge in [-0.3, -0.25) is 14.6 Å². The van der Waals surface area contributed by atoms with Crippen LogP contribution in [0.4, 0.5) is 5.82 Å². The largest absolute Gasteiger partial charge is 0.394 e. The van der Waals surface area contributed by atoms with E-state index in [0.717, 1.165) is 6.33 Å². The smallest absolute Gasteiger partial charge is 0.269 e. The van der Waals surface area contributed by atoms with Crippen molar-refractivity contribution in [2.24, 2.45) is 11.7 Å². The van der Waals surface area contributed by atoms with Gasteiger partial charge in [0.2, 0.25) is 0 Å². The zero-order valence-corrected chi connectivity index (χ0v) is 14.7. The highest BCUT2D eigenvalue weighted by molar-refractivity contribution is 5.99. The van der Waals surface area contributed by atoms with Gasteiger partial charge in [-0.2, -0.15) is 5.06 Å². The molecule has 1 saturated heterocycles. The molecule has 2 aromatic rings. The molecule has 0 unspecified atom stereocenters. The van der Waals surface area contributed by atoms with Gasteiger partial charge < -0.3 is 25.8 Å². The summed E-state index contributed by atoms with van der Waals surface area (Å²) >= 11 is 0. The third-order valence-electron chi connectivity index (χ3n) is 4.54. The van der Waals surface area contributed by atoms with Crippen molar-refractivity contribution in [1.82, 2.24) is 19.5 Å². The number of fused-ring (bicyclic) bond motifs is 1. The molecule has 1 fully saturated rings. The lowest BCUT2D eigenvalue weighted by molar-refractivity contribution is -0.125. The predicted molar refractivity (Wildman–Crippen MR) is 90.4 cm³/mol. The van der Waals surface area contributed by atoms with Crippen molar-refractivity contribution in [2.75, 3.05) is 11.7 Å². The van der Waals surface area contributed by atoms with Crippen LogP contribution in [0.2, 0.25) is 0 Å². The molecule has 0 aliphatic carbocycles. The Hall–Kier alpha value is -2.22. The van der Waals surface area contributed by atoms with Crippen LogP contribution in [0, 0.1) is 5.92 Å². The molecule has 1 aliphatic rings. The molecule has 3 heterocycles. The number of hydrogen-bond acceptors (Lipinski definition) is 10. The van der Waals surface area contributed by atoms with Gasteiger partial charge in [0.15, 0.2) is 23.2 Å². The fraction of sp³-hybridized carbons (Fsp3) is 0.600. The lowest BCUT2D eigenvalue weighted by Gasteiger charge is -2.21. The Kier molecular flexibility index (Phi) is 5.37. The Morgan fingerprint density at radius 3 is 2.63 bits per heavy atom. The van der Waals surface area contributed by atoms with Crippen LogP contribution >= 0.6 is 0 Å². The van der Waals surface area contributed by atoms with Gasteiger partial charge in [-0.25, -0.2) is 15.0 Å². The van der Waals surface area contributed by atoms with E-state index in [1.54, 1.807) is 13.8 Å². The van der Waals surface area contributed by atoms with E-state index in [1.165, 1.54) is 10.9 Å². The molecule has 6 N–H and O–H groups in total. The molecule has 27 heavy (non-hydrogen) atoms. The molecule has 12 nitrogen and oxygen atoms in total. The van der Waals surface area contributed by atoms with Crippen molar-refractivity contribution in [3.63, 3.8) is 0 Å². The van der Waals surface area contributed by atoms with Gasteiger partial charge in [-0.1, -0.05) is 13.8 Å². The zero-order valence-electron chi connectivity index (χ0n) is 14.7. The quantitative estimate of drug-likeness (QED) is 0.291. The van der Waals surface area contributed by atoms with Crippen molar-refractivity contribution in [3.05, 3.63) is 12.7 Å². The van der Waals surface area contributed by atoms with E-state index in [0.29, 0.717) is 5.06 Å². The van der Waals surface area contributed by atoms with Crippen molar-refractivity contribution in [2.45, 2.75) is 44.4 Å². The Balaban J connectivity index is 1.97. The van der Waals surface area contributed by atoms with Crippen LogP contribution in [0.5, 0.6) is 0 Å². The second-order valence-corrected chi connectivity index (χ2v) is 6.67. The summed E-state index contributed by atoms with van der Waals surface area (Å²) in [6, 6.07) is -0.942. The fourth-order valence-corrected chi connectivity index (χ4v) is 2.82. The Labute approximate surface area is 153 Å². The highest BCUT2D eigenvalue weighted by Gasteiger charge is 2.44. The van der Waals surface area contributed by atoms with E-state index < -0.39 is 43.1 Å². The number of hydrogen-bond donors (Lipinski definition) is 5. The van der Waals surface area contributed by atoms with Crippen molar-refractivity contribution >= 4 is 22.9 Å².